The van der Waals surface area contributed by atoms with Gasteiger partial charge in [0.05, 0.1) is 5.69 Å². The van der Waals surface area contributed by atoms with Gasteiger partial charge < -0.3 is 10.7 Å². The molecule has 0 amide bonds. The van der Waals surface area contributed by atoms with Gasteiger partial charge >= 0.3 is 0 Å². The van der Waals surface area contributed by atoms with E-state index in [0.717, 1.165) is 27.7 Å². The summed E-state index contributed by atoms with van der Waals surface area (Å²) < 4.78 is 13.1. The third kappa shape index (κ3) is 2.10. The van der Waals surface area contributed by atoms with Gasteiger partial charge in [0.25, 0.3) is 0 Å². The fourth-order valence-corrected chi connectivity index (χ4v) is 2.64. The first kappa shape index (κ1) is 12.9. The van der Waals surface area contributed by atoms with Crippen LogP contribution in [0.25, 0.3) is 22.2 Å². The van der Waals surface area contributed by atoms with Crippen molar-refractivity contribution in [1.82, 2.24) is 4.98 Å². The minimum absolute atomic E-state index is 0.0920. The topological polar surface area (TPSA) is 41.8 Å². The Morgan fingerprint density at radius 2 is 1.80 bits per heavy atom. The van der Waals surface area contributed by atoms with Crippen LogP contribution in [0.3, 0.4) is 0 Å². The van der Waals surface area contributed by atoms with E-state index in [0.29, 0.717) is 0 Å². The highest BCUT2D eigenvalue weighted by Gasteiger charge is 2.16. The Kier molecular flexibility index (Phi) is 3.07. The summed E-state index contributed by atoms with van der Waals surface area (Å²) >= 11 is 0. The number of rotatable bonds is 2. The van der Waals surface area contributed by atoms with E-state index in [4.69, 9.17) is 5.73 Å². The molecule has 2 aromatic carbocycles. The van der Waals surface area contributed by atoms with Gasteiger partial charge in [-0.2, -0.15) is 0 Å². The first-order valence-corrected chi connectivity index (χ1v) is 6.70. The van der Waals surface area contributed by atoms with Gasteiger partial charge in [-0.1, -0.05) is 11.6 Å². The van der Waals surface area contributed by atoms with Crippen molar-refractivity contribution in [3.63, 3.8) is 0 Å². The average Bonchev–Trinajstić information content (AvgIpc) is 2.78. The summed E-state index contributed by atoms with van der Waals surface area (Å²) in [6.07, 6.45) is 0. The summed E-state index contributed by atoms with van der Waals surface area (Å²) in [5.74, 6) is -0.233. The number of H-pyrrole nitrogens is 1. The average molecular weight is 268 g/mol. The number of hydrogen-bond acceptors (Lipinski definition) is 1. The number of aromatic amines is 1. The molecule has 0 spiro atoms. The monoisotopic (exact) mass is 268 g/mol. The number of nitrogens with one attached hydrogen (secondary N) is 1. The van der Waals surface area contributed by atoms with Crippen molar-refractivity contribution in [3.8, 4) is 11.3 Å². The fraction of sp³-hybridized carbons (Fsp3) is 0.176. The van der Waals surface area contributed by atoms with Gasteiger partial charge in [0.2, 0.25) is 0 Å². The molecule has 1 heterocycles. The van der Waals surface area contributed by atoms with Crippen molar-refractivity contribution in [1.29, 1.82) is 0 Å². The lowest BCUT2D eigenvalue weighted by Gasteiger charge is -2.09. The Hall–Kier alpha value is -2.13. The van der Waals surface area contributed by atoms with Crippen LogP contribution in [-0.4, -0.2) is 4.98 Å². The normalized spacial score (nSPS) is 12.8. The minimum atomic E-state index is -0.233. The molecule has 3 aromatic rings. The molecule has 0 aliphatic rings. The Bertz CT molecular complexity index is 755. The van der Waals surface area contributed by atoms with Crippen LogP contribution in [0.5, 0.6) is 0 Å². The van der Waals surface area contributed by atoms with E-state index in [9.17, 15) is 4.39 Å². The number of fused-ring (bicyclic) bond motifs is 1. The van der Waals surface area contributed by atoms with Crippen molar-refractivity contribution in [3.05, 3.63) is 59.4 Å². The van der Waals surface area contributed by atoms with Crippen LogP contribution < -0.4 is 5.73 Å². The molecule has 0 fully saturated rings. The summed E-state index contributed by atoms with van der Waals surface area (Å²) in [5, 5.41) is 1.14. The smallest absolute Gasteiger partial charge is 0.123 e. The van der Waals surface area contributed by atoms with E-state index in [1.807, 2.05) is 6.92 Å². The largest absolute Gasteiger partial charge is 0.354 e. The molecule has 3 rings (SSSR count). The van der Waals surface area contributed by atoms with Gasteiger partial charge in [-0.05, 0) is 55.8 Å². The summed E-state index contributed by atoms with van der Waals surface area (Å²) in [6, 6.07) is 12.7. The third-order valence-corrected chi connectivity index (χ3v) is 3.58. The van der Waals surface area contributed by atoms with Crippen molar-refractivity contribution in [2.45, 2.75) is 19.9 Å². The maximum atomic E-state index is 13.1. The molecule has 0 radical (unpaired) electrons. The first-order valence-electron chi connectivity index (χ1n) is 6.70. The molecule has 1 aromatic heterocycles. The Balaban J connectivity index is 2.29. The van der Waals surface area contributed by atoms with E-state index < -0.39 is 0 Å². The molecule has 0 aliphatic carbocycles. The van der Waals surface area contributed by atoms with Crippen LogP contribution in [0.15, 0.2) is 42.5 Å². The lowest BCUT2D eigenvalue weighted by Crippen LogP contribution is -2.05. The molecule has 2 nitrogen and oxygen atoms in total. The fourth-order valence-electron chi connectivity index (χ4n) is 2.64. The van der Waals surface area contributed by atoms with Gasteiger partial charge in [-0.25, -0.2) is 4.39 Å². The molecule has 0 saturated heterocycles. The minimum Gasteiger partial charge on any atom is -0.354 e. The second-order valence-corrected chi connectivity index (χ2v) is 5.26. The van der Waals surface area contributed by atoms with E-state index in [1.165, 1.54) is 17.7 Å². The van der Waals surface area contributed by atoms with Gasteiger partial charge in [-0.3, -0.25) is 0 Å². The van der Waals surface area contributed by atoms with Crippen LogP contribution in [0.1, 0.15) is 24.1 Å². The Morgan fingerprint density at radius 3 is 2.45 bits per heavy atom. The number of nitrogens with two attached hydrogens (primary N) is 1. The van der Waals surface area contributed by atoms with E-state index >= 15 is 0 Å². The molecule has 0 saturated carbocycles. The molecular weight excluding hydrogens is 251 g/mol. The van der Waals surface area contributed by atoms with Crippen LogP contribution in [0.2, 0.25) is 0 Å². The van der Waals surface area contributed by atoms with Gasteiger partial charge in [0.15, 0.2) is 0 Å². The van der Waals surface area contributed by atoms with Crippen LogP contribution in [-0.2, 0) is 0 Å². The van der Waals surface area contributed by atoms with E-state index in [1.54, 1.807) is 12.1 Å². The summed E-state index contributed by atoms with van der Waals surface area (Å²) in [7, 11) is 0. The third-order valence-electron chi connectivity index (χ3n) is 3.58. The second kappa shape index (κ2) is 4.76. The Labute approximate surface area is 117 Å². The van der Waals surface area contributed by atoms with Gasteiger partial charge in [0, 0.05) is 22.5 Å². The first-order chi connectivity index (χ1) is 9.56. The summed E-state index contributed by atoms with van der Waals surface area (Å²) in [6.45, 7) is 4.03. The summed E-state index contributed by atoms with van der Waals surface area (Å²) in [4.78, 5) is 3.41. The SMILES string of the molecule is Cc1ccc2[nH]c(-c3ccc(F)cc3)c(C(C)N)c2c1. The molecule has 0 aliphatic heterocycles. The van der Waals surface area contributed by atoms with Crippen molar-refractivity contribution < 1.29 is 4.39 Å². The number of benzene rings is 2. The quantitative estimate of drug-likeness (QED) is 0.714. The van der Waals surface area contributed by atoms with E-state index in [-0.39, 0.29) is 11.9 Å². The summed E-state index contributed by atoms with van der Waals surface area (Å²) in [5.41, 5.74) is 11.4. The number of hydrogen-bond donors (Lipinski definition) is 2. The number of aromatic nitrogens is 1. The second-order valence-electron chi connectivity index (χ2n) is 5.26. The van der Waals surface area contributed by atoms with Crippen molar-refractivity contribution >= 4 is 10.9 Å². The molecule has 3 heteroatoms. The van der Waals surface area contributed by atoms with E-state index in [2.05, 4.69) is 30.1 Å². The van der Waals surface area contributed by atoms with Crippen LogP contribution in [0, 0.1) is 12.7 Å². The molecule has 1 unspecified atom stereocenters. The van der Waals surface area contributed by atoms with Crippen molar-refractivity contribution in [2.24, 2.45) is 5.73 Å². The lowest BCUT2D eigenvalue weighted by atomic mass is 9.99. The highest BCUT2D eigenvalue weighted by molar-refractivity contribution is 5.91. The van der Waals surface area contributed by atoms with Gasteiger partial charge in [0.1, 0.15) is 5.82 Å². The molecule has 0 bridgehead atoms. The highest BCUT2D eigenvalue weighted by atomic mass is 19.1. The molecular formula is C17H17FN2. The maximum absolute atomic E-state index is 13.1. The molecule has 1 atom stereocenters. The predicted octanol–water partition coefficient (Wildman–Crippen LogP) is 4.30. The van der Waals surface area contributed by atoms with Crippen LogP contribution >= 0.6 is 0 Å². The standard InChI is InChI=1S/C17H17FN2/c1-10-3-8-15-14(9-10)16(11(2)19)17(20-15)12-4-6-13(18)7-5-12/h3-9,11,20H,19H2,1-2H3. The molecule has 102 valence electrons. The van der Waals surface area contributed by atoms with Crippen molar-refractivity contribution in [2.75, 3.05) is 0 Å². The highest BCUT2D eigenvalue weighted by Crippen LogP contribution is 2.34. The zero-order valence-electron chi connectivity index (χ0n) is 11.6. The maximum Gasteiger partial charge on any atom is 0.123 e. The number of halogens is 1. The zero-order chi connectivity index (χ0) is 14.3. The molecule has 3 N–H and O–H groups in total. The lowest BCUT2D eigenvalue weighted by molar-refractivity contribution is 0.628. The zero-order valence-corrected chi connectivity index (χ0v) is 11.6. The van der Waals surface area contributed by atoms with Gasteiger partial charge in [-0.15, -0.1) is 0 Å². The predicted molar refractivity (Wildman–Crippen MR) is 81.0 cm³/mol. The molecule has 20 heavy (non-hydrogen) atoms. The van der Waals surface area contributed by atoms with Crippen LogP contribution in [0.4, 0.5) is 4.39 Å². The Morgan fingerprint density at radius 1 is 1.10 bits per heavy atom. The number of aryl methyl sites for hydroxylation is 1.